The monoisotopic (exact) mass is 278 g/mol. The largest absolute Gasteiger partial charge is 0.312 e. The lowest BCUT2D eigenvalue weighted by atomic mass is 9.90. The lowest BCUT2D eigenvalue weighted by Crippen LogP contribution is -2.48. The highest BCUT2D eigenvalue weighted by atomic mass is 19.1. The van der Waals surface area contributed by atoms with Crippen LogP contribution in [0.15, 0.2) is 24.3 Å². The molecule has 0 amide bonds. The molecule has 1 aromatic carbocycles. The zero-order valence-electron chi connectivity index (χ0n) is 13.1. The van der Waals surface area contributed by atoms with E-state index >= 15 is 0 Å². The highest BCUT2D eigenvalue weighted by molar-refractivity contribution is 5.21. The van der Waals surface area contributed by atoms with Crippen molar-refractivity contribution in [3.63, 3.8) is 0 Å². The summed E-state index contributed by atoms with van der Waals surface area (Å²) in [4.78, 5) is 2.53. The van der Waals surface area contributed by atoms with Gasteiger partial charge in [0.2, 0.25) is 0 Å². The summed E-state index contributed by atoms with van der Waals surface area (Å²) >= 11 is 0. The molecule has 1 fully saturated rings. The normalized spacial score (nSPS) is 24.6. The van der Waals surface area contributed by atoms with E-state index < -0.39 is 0 Å². The molecule has 1 heterocycles. The van der Waals surface area contributed by atoms with Gasteiger partial charge in [-0.3, -0.25) is 4.90 Å². The Labute approximate surface area is 122 Å². The van der Waals surface area contributed by atoms with E-state index in [2.05, 4.69) is 37.9 Å². The van der Waals surface area contributed by atoms with Gasteiger partial charge in [-0.05, 0) is 44.4 Å². The zero-order chi connectivity index (χ0) is 14.7. The summed E-state index contributed by atoms with van der Waals surface area (Å²) < 4.78 is 13.1. The molecule has 20 heavy (non-hydrogen) atoms. The predicted octanol–water partition coefficient (Wildman–Crippen LogP) is 3.74. The number of halogens is 1. The summed E-state index contributed by atoms with van der Waals surface area (Å²) in [5.74, 6) is -0.155. The molecule has 0 unspecified atom stereocenters. The number of likely N-dealkylation sites (tertiary alicyclic amines) is 1. The quantitative estimate of drug-likeness (QED) is 0.902. The van der Waals surface area contributed by atoms with E-state index in [1.165, 1.54) is 12.0 Å². The van der Waals surface area contributed by atoms with Crippen LogP contribution in [-0.2, 0) is 0 Å². The van der Waals surface area contributed by atoms with Crippen LogP contribution in [0.25, 0.3) is 0 Å². The van der Waals surface area contributed by atoms with Crippen LogP contribution in [0, 0.1) is 5.82 Å². The van der Waals surface area contributed by atoms with Gasteiger partial charge in [0.25, 0.3) is 0 Å². The standard InChI is InChI=1S/C17H27FN2/c1-12(2)19-16-9-10-20(13(3)4)17(11-16)14-5-7-15(18)8-6-14/h5-8,12-13,16-17,19H,9-11H2,1-4H3/t16-,17+/m1/s1. The Morgan fingerprint density at radius 2 is 1.80 bits per heavy atom. The number of nitrogens with one attached hydrogen (secondary N) is 1. The van der Waals surface area contributed by atoms with Gasteiger partial charge in [-0.2, -0.15) is 0 Å². The molecule has 0 saturated carbocycles. The second-order valence-electron chi connectivity index (χ2n) is 6.44. The average Bonchev–Trinajstić information content (AvgIpc) is 2.38. The fourth-order valence-corrected chi connectivity index (χ4v) is 3.24. The Morgan fingerprint density at radius 1 is 1.15 bits per heavy atom. The third kappa shape index (κ3) is 3.80. The van der Waals surface area contributed by atoms with Gasteiger partial charge < -0.3 is 5.32 Å². The third-order valence-corrected chi connectivity index (χ3v) is 4.13. The van der Waals surface area contributed by atoms with Crippen LogP contribution in [-0.4, -0.2) is 29.6 Å². The molecule has 1 aliphatic rings. The summed E-state index contributed by atoms with van der Waals surface area (Å²) in [6.45, 7) is 9.98. The number of hydrogen-bond donors (Lipinski definition) is 1. The van der Waals surface area contributed by atoms with Crippen LogP contribution in [0.2, 0.25) is 0 Å². The van der Waals surface area contributed by atoms with Crippen molar-refractivity contribution in [3.8, 4) is 0 Å². The maximum absolute atomic E-state index is 13.1. The minimum Gasteiger partial charge on any atom is -0.312 e. The minimum absolute atomic E-state index is 0.155. The van der Waals surface area contributed by atoms with Gasteiger partial charge in [-0.25, -0.2) is 4.39 Å². The molecule has 0 aromatic heterocycles. The Hall–Kier alpha value is -0.930. The molecule has 2 atom stereocenters. The van der Waals surface area contributed by atoms with Gasteiger partial charge in [-0.1, -0.05) is 26.0 Å². The van der Waals surface area contributed by atoms with Crippen molar-refractivity contribution in [3.05, 3.63) is 35.6 Å². The fourth-order valence-electron chi connectivity index (χ4n) is 3.24. The Bertz CT molecular complexity index is 414. The molecular weight excluding hydrogens is 251 g/mol. The molecule has 2 nitrogen and oxygen atoms in total. The molecule has 1 N–H and O–H groups in total. The predicted molar refractivity (Wildman–Crippen MR) is 82.3 cm³/mol. The number of rotatable bonds is 4. The first-order valence-corrected chi connectivity index (χ1v) is 7.74. The lowest BCUT2D eigenvalue weighted by Gasteiger charge is -2.43. The van der Waals surface area contributed by atoms with E-state index in [0.717, 1.165) is 13.0 Å². The van der Waals surface area contributed by atoms with Crippen LogP contribution < -0.4 is 5.32 Å². The summed E-state index contributed by atoms with van der Waals surface area (Å²) in [7, 11) is 0. The van der Waals surface area contributed by atoms with Crippen LogP contribution in [0.5, 0.6) is 0 Å². The average molecular weight is 278 g/mol. The summed E-state index contributed by atoms with van der Waals surface area (Å²) in [6, 6.07) is 9.01. The van der Waals surface area contributed by atoms with E-state index in [-0.39, 0.29) is 5.82 Å². The van der Waals surface area contributed by atoms with Crippen LogP contribution in [0.4, 0.5) is 4.39 Å². The van der Waals surface area contributed by atoms with Gasteiger partial charge in [0, 0.05) is 30.7 Å². The lowest BCUT2D eigenvalue weighted by molar-refractivity contribution is 0.0903. The van der Waals surface area contributed by atoms with E-state index in [0.29, 0.717) is 24.2 Å². The molecule has 0 spiro atoms. The highest BCUT2D eigenvalue weighted by Gasteiger charge is 2.31. The topological polar surface area (TPSA) is 15.3 Å². The van der Waals surface area contributed by atoms with E-state index in [1.807, 2.05) is 12.1 Å². The van der Waals surface area contributed by atoms with Crippen molar-refractivity contribution in [1.29, 1.82) is 0 Å². The SMILES string of the molecule is CC(C)N[C@@H]1CCN(C(C)C)[C@H](c2ccc(F)cc2)C1. The number of nitrogens with zero attached hydrogens (tertiary/aromatic N) is 1. The first-order chi connectivity index (χ1) is 9.47. The Kier molecular flexibility index (Phi) is 5.17. The second kappa shape index (κ2) is 6.68. The zero-order valence-corrected chi connectivity index (χ0v) is 13.1. The summed E-state index contributed by atoms with van der Waals surface area (Å²) in [6.07, 6.45) is 2.29. The van der Waals surface area contributed by atoms with Gasteiger partial charge in [0.05, 0.1) is 0 Å². The van der Waals surface area contributed by atoms with E-state index in [9.17, 15) is 4.39 Å². The first-order valence-electron chi connectivity index (χ1n) is 7.74. The molecule has 3 heteroatoms. The van der Waals surface area contributed by atoms with E-state index in [1.54, 1.807) is 12.1 Å². The molecule has 2 rings (SSSR count). The second-order valence-corrected chi connectivity index (χ2v) is 6.44. The van der Waals surface area contributed by atoms with Crippen LogP contribution >= 0.6 is 0 Å². The van der Waals surface area contributed by atoms with Crippen LogP contribution in [0.1, 0.15) is 52.1 Å². The number of hydrogen-bond acceptors (Lipinski definition) is 2. The van der Waals surface area contributed by atoms with Crippen molar-refractivity contribution in [2.75, 3.05) is 6.54 Å². The molecule has 112 valence electrons. The number of benzene rings is 1. The summed E-state index contributed by atoms with van der Waals surface area (Å²) in [5, 5.41) is 3.65. The smallest absolute Gasteiger partial charge is 0.123 e. The molecule has 0 radical (unpaired) electrons. The third-order valence-electron chi connectivity index (χ3n) is 4.13. The first kappa shape index (κ1) is 15.5. The van der Waals surface area contributed by atoms with Gasteiger partial charge in [0.1, 0.15) is 5.82 Å². The molecule has 1 saturated heterocycles. The number of piperidine rings is 1. The Balaban J connectivity index is 2.16. The maximum atomic E-state index is 13.1. The molecular formula is C17H27FN2. The highest BCUT2D eigenvalue weighted by Crippen LogP contribution is 2.32. The van der Waals surface area contributed by atoms with Crippen molar-refractivity contribution >= 4 is 0 Å². The van der Waals surface area contributed by atoms with Crippen molar-refractivity contribution < 1.29 is 4.39 Å². The van der Waals surface area contributed by atoms with Crippen molar-refractivity contribution in [2.45, 2.75) is 64.7 Å². The van der Waals surface area contributed by atoms with Crippen LogP contribution in [0.3, 0.4) is 0 Å². The fraction of sp³-hybridized carbons (Fsp3) is 0.647. The van der Waals surface area contributed by atoms with Crippen molar-refractivity contribution in [1.82, 2.24) is 10.2 Å². The van der Waals surface area contributed by atoms with Crippen molar-refractivity contribution in [2.24, 2.45) is 0 Å². The molecule has 1 aromatic rings. The molecule has 0 aliphatic carbocycles. The minimum atomic E-state index is -0.155. The molecule has 1 aliphatic heterocycles. The van der Waals surface area contributed by atoms with E-state index in [4.69, 9.17) is 0 Å². The molecule has 0 bridgehead atoms. The van der Waals surface area contributed by atoms with Gasteiger partial charge in [-0.15, -0.1) is 0 Å². The van der Waals surface area contributed by atoms with Gasteiger partial charge >= 0.3 is 0 Å². The maximum Gasteiger partial charge on any atom is 0.123 e. The van der Waals surface area contributed by atoms with Gasteiger partial charge in [0.15, 0.2) is 0 Å². The Morgan fingerprint density at radius 3 is 2.35 bits per heavy atom. The summed E-state index contributed by atoms with van der Waals surface area (Å²) in [5.41, 5.74) is 1.23.